The zero-order valence-corrected chi connectivity index (χ0v) is 13.2. The number of carboxylic acids is 1. The van der Waals surface area contributed by atoms with E-state index in [1.165, 1.54) is 24.3 Å². The van der Waals surface area contributed by atoms with E-state index in [9.17, 15) is 27.9 Å². The van der Waals surface area contributed by atoms with Gasteiger partial charge in [0, 0.05) is 25.6 Å². The number of urea groups is 1. The Morgan fingerprint density at radius 3 is 2.32 bits per heavy atom. The molecule has 0 saturated carbocycles. The standard InChI is InChI=1S/C15H19F3N2O5/c16-15(17,18)25-12-3-1-10(2-4-12)7-11(9-21)8-20-14(24)19-6-5-13(22)23/h1-4,11,21H,5-9H2,(H,22,23)(H2,19,20,24). The van der Waals surface area contributed by atoms with Crippen LogP contribution in [0.3, 0.4) is 0 Å². The van der Waals surface area contributed by atoms with E-state index < -0.39 is 18.4 Å². The first-order chi connectivity index (χ1) is 11.7. The molecule has 1 rings (SSSR count). The van der Waals surface area contributed by atoms with E-state index >= 15 is 0 Å². The molecule has 0 heterocycles. The van der Waals surface area contributed by atoms with Gasteiger partial charge in [0.1, 0.15) is 5.75 Å². The molecule has 140 valence electrons. The fourth-order valence-electron chi connectivity index (χ4n) is 1.94. The molecule has 1 aromatic rings. The average molecular weight is 364 g/mol. The van der Waals surface area contributed by atoms with Crippen LogP contribution in [0.4, 0.5) is 18.0 Å². The first-order valence-electron chi connectivity index (χ1n) is 7.38. The molecule has 1 atom stereocenters. The number of aliphatic hydroxyl groups is 1. The van der Waals surface area contributed by atoms with Crippen LogP contribution in [0, 0.1) is 5.92 Å². The Labute approximate surface area is 141 Å². The molecule has 0 fully saturated rings. The van der Waals surface area contributed by atoms with Gasteiger partial charge < -0.3 is 25.6 Å². The molecule has 25 heavy (non-hydrogen) atoms. The van der Waals surface area contributed by atoms with Crippen molar-refractivity contribution in [3.05, 3.63) is 29.8 Å². The van der Waals surface area contributed by atoms with Gasteiger partial charge in [-0.3, -0.25) is 4.79 Å². The first kappa shape index (κ1) is 20.6. The maximum atomic E-state index is 12.1. The zero-order chi connectivity index (χ0) is 18.9. The summed E-state index contributed by atoms with van der Waals surface area (Å²) in [6, 6.07) is 4.66. The highest BCUT2D eigenvalue weighted by molar-refractivity contribution is 5.74. The van der Waals surface area contributed by atoms with E-state index in [0.717, 1.165) is 0 Å². The van der Waals surface area contributed by atoms with Crippen LogP contribution in [-0.4, -0.2) is 48.3 Å². The van der Waals surface area contributed by atoms with Crippen molar-refractivity contribution in [3.63, 3.8) is 0 Å². The van der Waals surface area contributed by atoms with Gasteiger partial charge in [-0.1, -0.05) is 12.1 Å². The van der Waals surface area contributed by atoms with E-state index in [0.29, 0.717) is 12.0 Å². The second-order valence-corrected chi connectivity index (χ2v) is 5.23. The Balaban J connectivity index is 2.42. The molecule has 0 bridgehead atoms. The molecule has 0 aromatic heterocycles. The highest BCUT2D eigenvalue weighted by Crippen LogP contribution is 2.23. The van der Waals surface area contributed by atoms with Gasteiger partial charge in [-0.15, -0.1) is 13.2 Å². The summed E-state index contributed by atoms with van der Waals surface area (Å²) in [6.07, 6.45) is -4.63. The Hall–Kier alpha value is -2.49. The number of hydrogen-bond acceptors (Lipinski definition) is 4. The maximum absolute atomic E-state index is 12.1. The zero-order valence-electron chi connectivity index (χ0n) is 13.2. The molecule has 2 amide bonds. The number of halogens is 3. The third-order valence-corrected chi connectivity index (χ3v) is 3.12. The third-order valence-electron chi connectivity index (χ3n) is 3.12. The molecule has 1 unspecified atom stereocenters. The molecular weight excluding hydrogens is 345 g/mol. The number of nitrogens with one attached hydrogen (secondary N) is 2. The molecule has 1 aromatic carbocycles. The van der Waals surface area contributed by atoms with Crippen LogP contribution in [0.25, 0.3) is 0 Å². The summed E-state index contributed by atoms with van der Waals surface area (Å²) >= 11 is 0. The number of alkyl halides is 3. The van der Waals surface area contributed by atoms with Gasteiger partial charge in [0.05, 0.1) is 6.42 Å². The lowest BCUT2D eigenvalue weighted by molar-refractivity contribution is -0.274. The summed E-state index contributed by atoms with van der Waals surface area (Å²) in [6.45, 7) is -0.141. The van der Waals surface area contributed by atoms with Gasteiger partial charge in [0.25, 0.3) is 0 Å². The molecule has 0 aliphatic carbocycles. The lowest BCUT2D eigenvalue weighted by Crippen LogP contribution is -2.40. The number of aliphatic hydroxyl groups excluding tert-OH is 1. The summed E-state index contributed by atoms with van der Waals surface area (Å²) in [5.41, 5.74) is 0.668. The largest absolute Gasteiger partial charge is 0.573 e. The van der Waals surface area contributed by atoms with Crippen LogP contribution in [0.1, 0.15) is 12.0 Å². The predicted octanol–water partition coefficient (Wildman–Crippen LogP) is 1.51. The van der Waals surface area contributed by atoms with E-state index in [4.69, 9.17) is 5.11 Å². The molecule has 0 aliphatic heterocycles. The fourth-order valence-corrected chi connectivity index (χ4v) is 1.94. The van der Waals surface area contributed by atoms with E-state index in [-0.39, 0.29) is 37.8 Å². The number of ether oxygens (including phenoxy) is 1. The molecule has 4 N–H and O–H groups in total. The van der Waals surface area contributed by atoms with Gasteiger partial charge in [-0.2, -0.15) is 0 Å². The summed E-state index contributed by atoms with van der Waals surface area (Å²) in [7, 11) is 0. The van der Waals surface area contributed by atoms with Gasteiger partial charge in [0.2, 0.25) is 0 Å². The minimum atomic E-state index is -4.76. The van der Waals surface area contributed by atoms with Gasteiger partial charge in [-0.25, -0.2) is 4.79 Å². The average Bonchev–Trinajstić information content (AvgIpc) is 2.51. The van der Waals surface area contributed by atoms with Crippen molar-refractivity contribution in [1.29, 1.82) is 0 Å². The molecule has 0 radical (unpaired) electrons. The number of rotatable bonds is 9. The number of aliphatic carboxylic acids is 1. The van der Waals surface area contributed by atoms with Crippen LogP contribution < -0.4 is 15.4 Å². The highest BCUT2D eigenvalue weighted by Gasteiger charge is 2.30. The second kappa shape index (κ2) is 9.72. The van der Waals surface area contributed by atoms with Gasteiger partial charge >= 0.3 is 18.4 Å². The van der Waals surface area contributed by atoms with Crippen molar-refractivity contribution in [2.75, 3.05) is 19.7 Å². The number of carbonyl (C=O) groups excluding carboxylic acids is 1. The SMILES string of the molecule is O=C(O)CCNC(=O)NCC(CO)Cc1ccc(OC(F)(F)F)cc1. The third kappa shape index (κ3) is 9.40. The van der Waals surface area contributed by atoms with Gasteiger partial charge in [0.15, 0.2) is 0 Å². The Kier molecular flexibility index (Phi) is 7.99. The van der Waals surface area contributed by atoms with Crippen molar-refractivity contribution >= 4 is 12.0 Å². The van der Waals surface area contributed by atoms with Crippen LogP contribution in [0.2, 0.25) is 0 Å². The Morgan fingerprint density at radius 2 is 1.80 bits per heavy atom. The first-order valence-corrected chi connectivity index (χ1v) is 7.38. The minimum Gasteiger partial charge on any atom is -0.481 e. The van der Waals surface area contributed by atoms with Gasteiger partial charge in [-0.05, 0) is 24.1 Å². The number of carbonyl (C=O) groups is 2. The van der Waals surface area contributed by atoms with Crippen molar-refractivity contribution in [3.8, 4) is 5.75 Å². The highest BCUT2D eigenvalue weighted by atomic mass is 19.4. The molecular formula is C15H19F3N2O5. The number of benzene rings is 1. The van der Waals surface area contributed by atoms with E-state index in [1.807, 2.05) is 0 Å². The lowest BCUT2D eigenvalue weighted by Gasteiger charge is -2.16. The molecule has 7 nitrogen and oxygen atoms in total. The van der Waals surface area contributed by atoms with Crippen LogP contribution in [0.15, 0.2) is 24.3 Å². The van der Waals surface area contributed by atoms with Crippen molar-refractivity contribution < 1.29 is 37.7 Å². The summed E-state index contributed by atoms with van der Waals surface area (Å²) < 4.78 is 40.0. The summed E-state index contributed by atoms with van der Waals surface area (Å²) in [5.74, 6) is -1.72. The maximum Gasteiger partial charge on any atom is 0.573 e. The molecule has 0 aliphatic rings. The number of hydrogen-bond donors (Lipinski definition) is 4. The summed E-state index contributed by atoms with van der Waals surface area (Å²) in [4.78, 5) is 21.8. The Morgan fingerprint density at radius 1 is 1.16 bits per heavy atom. The monoisotopic (exact) mass is 364 g/mol. The number of amides is 2. The second-order valence-electron chi connectivity index (χ2n) is 5.23. The van der Waals surface area contributed by atoms with Crippen LogP contribution in [0.5, 0.6) is 5.75 Å². The molecule has 10 heteroatoms. The quantitative estimate of drug-likeness (QED) is 0.531. The topological polar surface area (TPSA) is 108 Å². The fraction of sp³-hybridized carbons (Fsp3) is 0.467. The van der Waals surface area contributed by atoms with Crippen molar-refractivity contribution in [2.45, 2.75) is 19.2 Å². The van der Waals surface area contributed by atoms with E-state index in [2.05, 4.69) is 15.4 Å². The van der Waals surface area contributed by atoms with Crippen molar-refractivity contribution in [2.24, 2.45) is 5.92 Å². The van der Waals surface area contributed by atoms with Crippen molar-refractivity contribution in [1.82, 2.24) is 10.6 Å². The normalized spacial score (nSPS) is 12.3. The molecule has 0 saturated heterocycles. The summed E-state index contributed by atoms with van der Waals surface area (Å²) in [5, 5.41) is 22.6. The smallest absolute Gasteiger partial charge is 0.481 e. The minimum absolute atomic E-state index is 0.0222. The number of carboxylic acid groups (broad SMARTS) is 1. The van der Waals surface area contributed by atoms with E-state index in [1.54, 1.807) is 0 Å². The lowest BCUT2D eigenvalue weighted by atomic mass is 10.00. The van der Waals surface area contributed by atoms with Crippen LogP contribution in [-0.2, 0) is 11.2 Å². The van der Waals surface area contributed by atoms with Crippen LogP contribution >= 0.6 is 0 Å². The Bertz CT molecular complexity index is 563. The predicted molar refractivity (Wildman–Crippen MR) is 81.1 cm³/mol. The molecule has 0 spiro atoms.